The zero-order valence-corrected chi connectivity index (χ0v) is 21.1. The van der Waals surface area contributed by atoms with Gasteiger partial charge in [0.05, 0.1) is 12.7 Å². The second kappa shape index (κ2) is 11.5. The fourth-order valence-corrected chi connectivity index (χ4v) is 5.33. The summed E-state index contributed by atoms with van der Waals surface area (Å²) in [5.74, 6) is -1.07. The van der Waals surface area contributed by atoms with E-state index in [9.17, 15) is 14.7 Å². The standard InChI is InChI=1S/C31H30N2O5/c1-32-26-17-16-23-19-33(30(34)28(22-12-6-3-7-13-22)38-24-14-8-9-15-24)27(31(35)36)18-25(23)29(26)37-20-21-10-4-2-5-11-21/h2-7,10-13,16-17,24,27-28H,8-9,14-15,18-20H2,(H,35,36)/t27-,28-/m0/s1. The summed E-state index contributed by atoms with van der Waals surface area (Å²) in [4.78, 5) is 31.5. The van der Waals surface area contributed by atoms with Gasteiger partial charge < -0.3 is 19.5 Å². The van der Waals surface area contributed by atoms with E-state index in [4.69, 9.17) is 16.0 Å². The predicted molar refractivity (Wildman–Crippen MR) is 142 cm³/mol. The van der Waals surface area contributed by atoms with Gasteiger partial charge in [-0.3, -0.25) is 4.79 Å². The Balaban J connectivity index is 1.46. The Morgan fingerprint density at radius 2 is 1.68 bits per heavy atom. The number of fused-ring (bicyclic) bond motifs is 1. The average Bonchev–Trinajstić information content (AvgIpc) is 3.48. The van der Waals surface area contributed by atoms with Crippen LogP contribution in [-0.4, -0.2) is 34.0 Å². The van der Waals surface area contributed by atoms with E-state index in [2.05, 4.69) is 4.85 Å². The molecule has 0 spiro atoms. The van der Waals surface area contributed by atoms with Gasteiger partial charge in [0.15, 0.2) is 6.10 Å². The van der Waals surface area contributed by atoms with E-state index >= 15 is 0 Å². The molecule has 3 aromatic carbocycles. The number of rotatable bonds is 8. The zero-order valence-electron chi connectivity index (χ0n) is 21.1. The van der Waals surface area contributed by atoms with Crippen molar-refractivity contribution in [3.63, 3.8) is 0 Å². The minimum atomic E-state index is -1.10. The second-order valence-corrected chi connectivity index (χ2v) is 9.80. The number of benzene rings is 3. The first-order valence-electron chi connectivity index (χ1n) is 13.0. The van der Waals surface area contributed by atoms with Crippen molar-refractivity contribution in [3.05, 3.63) is 106 Å². The largest absolute Gasteiger partial charge is 0.500 e. The summed E-state index contributed by atoms with van der Waals surface area (Å²) in [5, 5.41) is 10.2. The van der Waals surface area contributed by atoms with Crippen molar-refractivity contribution in [2.75, 3.05) is 0 Å². The van der Waals surface area contributed by atoms with Gasteiger partial charge in [0, 0.05) is 13.0 Å². The van der Waals surface area contributed by atoms with Gasteiger partial charge in [-0.1, -0.05) is 85.6 Å². The van der Waals surface area contributed by atoms with Gasteiger partial charge >= 0.3 is 5.97 Å². The maximum Gasteiger partial charge on any atom is 0.326 e. The van der Waals surface area contributed by atoms with Gasteiger partial charge in [-0.2, -0.15) is 0 Å². The molecule has 0 unspecified atom stereocenters. The molecular formula is C31H30N2O5. The summed E-state index contributed by atoms with van der Waals surface area (Å²) < 4.78 is 12.4. The highest BCUT2D eigenvalue weighted by atomic mass is 16.5. The van der Waals surface area contributed by atoms with Crippen molar-refractivity contribution in [1.29, 1.82) is 0 Å². The molecule has 5 rings (SSSR count). The SMILES string of the molecule is [C-]#[N+]c1ccc2c(c1OCc1ccccc1)C[C@@H](C(=O)O)N(C(=O)[C@@H](OC1CCCC1)c1ccccc1)C2. The van der Waals surface area contributed by atoms with Crippen LogP contribution in [0, 0.1) is 6.57 Å². The van der Waals surface area contributed by atoms with Crippen LogP contribution in [0.25, 0.3) is 4.85 Å². The van der Waals surface area contributed by atoms with E-state index in [-0.39, 0.29) is 31.6 Å². The van der Waals surface area contributed by atoms with E-state index in [1.54, 1.807) is 12.1 Å². The van der Waals surface area contributed by atoms with Gasteiger partial charge in [-0.25, -0.2) is 9.64 Å². The van der Waals surface area contributed by atoms with Gasteiger partial charge in [0.2, 0.25) is 5.69 Å². The number of aliphatic carboxylic acids is 1. The Kier molecular flexibility index (Phi) is 7.71. The normalized spacial score (nSPS) is 17.9. The molecule has 1 N–H and O–H groups in total. The predicted octanol–water partition coefficient (Wildman–Crippen LogP) is 5.85. The Bertz CT molecular complexity index is 1330. The van der Waals surface area contributed by atoms with Gasteiger partial charge in [0.25, 0.3) is 5.91 Å². The Morgan fingerprint density at radius 1 is 1.00 bits per heavy atom. The number of ether oxygens (including phenoxy) is 2. The molecule has 0 aromatic heterocycles. The van der Waals surface area contributed by atoms with Crippen molar-refractivity contribution in [2.24, 2.45) is 0 Å². The molecule has 0 bridgehead atoms. The molecule has 1 heterocycles. The lowest BCUT2D eigenvalue weighted by atomic mass is 9.91. The first-order valence-corrected chi connectivity index (χ1v) is 13.0. The highest BCUT2D eigenvalue weighted by molar-refractivity contribution is 5.88. The number of hydrogen-bond donors (Lipinski definition) is 1. The zero-order chi connectivity index (χ0) is 26.5. The van der Waals surface area contributed by atoms with E-state index in [1.165, 1.54) is 4.90 Å². The Hall–Kier alpha value is -4.15. The first kappa shape index (κ1) is 25.5. The molecule has 1 amide bonds. The van der Waals surface area contributed by atoms with Crippen LogP contribution < -0.4 is 4.74 Å². The molecule has 0 radical (unpaired) electrons. The minimum Gasteiger partial charge on any atom is -0.500 e. The average molecular weight is 511 g/mol. The van der Waals surface area contributed by atoms with Crippen molar-refractivity contribution in [3.8, 4) is 5.75 Å². The van der Waals surface area contributed by atoms with Crippen LogP contribution >= 0.6 is 0 Å². The first-order chi connectivity index (χ1) is 18.5. The molecule has 194 valence electrons. The van der Waals surface area contributed by atoms with Crippen LogP contribution in [0.4, 0.5) is 5.69 Å². The Morgan fingerprint density at radius 3 is 2.34 bits per heavy atom. The number of nitrogens with zero attached hydrogens (tertiary/aromatic N) is 2. The third-order valence-electron chi connectivity index (χ3n) is 7.32. The van der Waals surface area contributed by atoms with Crippen LogP contribution in [0.1, 0.15) is 54.0 Å². The molecule has 38 heavy (non-hydrogen) atoms. The number of hydrogen-bond acceptors (Lipinski definition) is 4. The highest BCUT2D eigenvalue weighted by Gasteiger charge is 2.40. The molecule has 7 nitrogen and oxygen atoms in total. The minimum absolute atomic E-state index is 0.0243. The van der Waals surface area contributed by atoms with E-state index in [0.29, 0.717) is 17.0 Å². The van der Waals surface area contributed by atoms with Crippen molar-refractivity contribution < 1.29 is 24.2 Å². The fourth-order valence-electron chi connectivity index (χ4n) is 5.33. The molecule has 2 aliphatic rings. The lowest BCUT2D eigenvalue weighted by molar-refractivity contribution is -0.160. The van der Waals surface area contributed by atoms with E-state index in [0.717, 1.165) is 42.4 Å². The third-order valence-corrected chi connectivity index (χ3v) is 7.32. The molecule has 3 aromatic rings. The maximum absolute atomic E-state index is 14.0. The topological polar surface area (TPSA) is 80.4 Å². The summed E-state index contributed by atoms with van der Waals surface area (Å²) in [5.41, 5.74) is 3.43. The van der Waals surface area contributed by atoms with Crippen molar-refractivity contribution in [1.82, 2.24) is 4.90 Å². The van der Waals surface area contributed by atoms with Crippen LogP contribution in [0.5, 0.6) is 5.75 Å². The fraction of sp³-hybridized carbons (Fsp3) is 0.323. The van der Waals surface area contributed by atoms with Gasteiger partial charge in [0.1, 0.15) is 18.4 Å². The van der Waals surface area contributed by atoms with Crippen LogP contribution in [0.15, 0.2) is 72.8 Å². The molecule has 1 aliphatic heterocycles. The molecule has 2 atom stereocenters. The summed E-state index contributed by atoms with van der Waals surface area (Å²) in [7, 11) is 0. The quantitative estimate of drug-likeness (QED) is 0.384. The lowest BCUT2D eigenvalue weighted by Gasteiger charge is -2.38. The van der Waals surface area contributed by atoms with E-state index in [1.807, 2.05) is 60.7 Å². The molecule has 1 aliphatic carbocycles. The smallest absolute Gasteiger partial charge is 0.326 e. The van der Waals surface area contributed by atoms with Crippen LogP contribution in [0.2, 0.25) is 0 Å². The highest BCUT2D eigenvalue weighted by Crippen LogP contribution is 2.40. The summed E-state index contributed by atoms with van der Waals surface area (Å²) in [6.45, 7) is 7.99. The van der Waals surface area contributed by atoms with E-state index < -0.39 is 18.1 Å². The molecule has 0 saturated heterocycles. The lowest BCUT2D eigenvalue weighted by Crippen LogP contribution is -2.50. The molecule has 1 fully saturated rings. The summed E-state index contributed by atoms with van der Waals surface area (Å²) in [6, 6.07) is 21.3. The molecule has 7 heteroatoms. The molecular weight excluding hydrogens is 480 g/mol. The third kappa shape index (κ3) is 5.41. The molecule has 1 saturated carbocycles. The van der Waals surface area contributed by atoms with Crippen LogP contribution in [0.3, 0.4) is 0 Å². The second-order valence-electron chi connectivity index (χ2n) is 9.80. The van der Waals surface area contributed by atoms with Gasteiger partial charge in [-0.05, 0) is 35.1 Å². The summed E-state index contributed by atoms with van der Waals surface area (Å²) in [6.07, 6.45) is 3.05. The van der Waals surface area contributed by atoms with Crippen molar-refractivity contribution >= 4 is 17.6 Å². The van der Waals surface area contributed by atoms with Crippen LogP contribution in [-0.2, 0) is 33.9 Å². The number of carbonyl (C=O) groups is 2. The number of carboxylic acids is 1. The van der Waals surface area contributed by atoms with Crippen molar-refractivity contribution in [2.45, 2.75) is 63.5 Å². The number of carbonyl (C=O) groups excluding carboxylic acids is 1. The summed E-state index contributed by atoms with van der Waals surface area (Å²) >= 11 is 0. The Labute approximate surface area is 222 Å². The number of amides is 1. The number of carboxylic acid groups (broad SMARTS) is 1. The van der Waals surface area contributed by atoms with Gasteiger partial charge in [-0.15, -0.1) is 0 Å². The maximum atomic E-state index is 14.0. The monoisotopic (exact) mass is 510 g/mol.